The molecular weight excluding hydrogens is 472 g/mol. The fourth-order valence-corrected chi connectivity index (χ4v) is 3.52. The molecule has 0 fully saturated rings. The molecule has 2 N–H and O–H groups in total. The predicted molar refractivity (Wildman–Crippen MR) is 120 cm³/mol. The van der Waals surface area contributed by atoms with E-state index in [9.17, 15) is 10.2 Å². The fraction of sp³-hybridized carbons (Fsp3) is 0.0909. The molecule has 0 unspecified atom stereocenters. The molecule has 1 aromatic heterocycles. The van der Waals surface area contributed by atoms with Crippen molar-refractivity contribution in [1.82, 2.24) is 4.98 Å². The largest absolute Gasteiger partial charge is 0.507 e. The fourth-order valence-electron chi connectivity index (χ4n) is 2.90. The highest BCUT2D eigenvalue weighted by Gasteiger charge is 2.13. The summed E-state index contributed by atoms with van der Waals surface area (Å²) < 4.78 is 11.9. The van der Waals surface area contributed by atoms with Gasteiger partial charge in [0.1, 0.15) is 11.3 Å². The van der Waals surface area contributed by atoms with Gasteiger partial charge in [-0.1, -0.05) is 27.5 Å². The van der Waals surface area contributed by atoms with Crippen LogP contribution in [0.2, 0.25) is 5.02 Å². The second kappa shape index (κ2) is 8.38. The number of ether oxygens (including phenoxy) is 1. The number of rotatable bonds is 5. The molecule has 0 saturated carbocycles. The van der Waals surface area contributed by atoms with Crippen molar-refractivity contribution < 1.29 is 19.4 Å². The van der Waals surface area contributed by atoms with Crippen LogP contribution in [0.1, 0.15) is 12.5 Å². The van der Waals surface area contributed by atoms with Gasteiger partial charge in [-0.2, -0.15) is 0 Å². The molecule has 8 heteroatoms. The van der Waals surface area contributed by atoms with Gasteiger partial charge in [0, 0.05) is 27.3 Å². The molecule has 4 aromatic rings. The first-order chi connectivity index (χ1) is 14.4. The van der Waals surface area contributed by atoms with Gasteiger partial charge in [-0.25, -0.2) is 4.98 Å². The molecular formula is C22H16BrClN2O4. The van der Waals surface area contributed by atoms with Gasteiger partial charge in [-0.05, 0) is 49.4 Å². The standard InChI is InChI=1S/C22H16BrClN2O4/c1-2-29-20-8-13(23)7-12(21(20)28)11-25-15-4-5-16(18(27)10-15)22-26-17-9-14(24)3-6-19(17)30-22/h3-11,27-28H,2H2,1H3. The Morgan fingerprint density at radius 3 is 2.77 bits per heavy atom. The van der Waals surface area contributed by atoms with E-state index in [0.717, 1.165) is 4.47 Å². The number of nitrogens with zero attached hydrogens (tertiary/aromatic N) is 2. The average Bonchev–Trinajstić information content (AvgIpc) is 3.12. The molecule has 3 aromatic carbocycles. The van der Waals surface area contributed by atoms with Gasteiger partial charge in [0.05, 0.1) is 17.9 Å². The van der Waals surface area contributed by atoms with E-state index in [1.165, 1.54) is 12.3 Å². The van der Waals surface area contributed by atoms with Crippen molar-refractivity contribution >= 4 is 50.5 Å². The van der Waals surface area contributed by atoms with Crippen LogP contribution in [0.5, 0.6) is 17.2 Å². The van der Waals surface area contributed by atoms with Gasteiger partial charge in [-0.3, -0.25) is 4.99 Å². The summed E-state index contributed by atoms with van der Waals surface area (Å²) >= 11 is 9.37. The Morgan fingerprint density at radius 2 is 2.00 bits per heavy atom. The van der Waals surface area contributed by atoms with Crippen molar-refractivity contribution in [3.05, 3.63) is 63.6 Å². The third-order valence-corrected chi connectivity index (χ3v) is 4.98. The Labute approximate surface area is 185 Å². The highest BCUT2D eigenvalue weighted by atomic mass is 79.9. The third-order valence-electron chi connectivity index (χ3n) is 4.28. The summed E-state index contributed by atoms with van der Waals surface area (Å²) in [6.07, 6.45) is 1.50. The maximum Gasteiger partial charge on any atom is 0.231 e. The molecule has 0 aliphatic rings. The van der Waals surface area contributed by atoms with Gasteiger partial charge in [0.2, 0.25) is 5.89 Å². The lowest BCUT2D eigenvalue weighted by Gasteiger charge is -2.08. The molecule has 4 rings (SSSR count). The van der Waals surface area contributed by atoms with E-state index in [0.29, 0.717) is 45.3 Å². The molecule has 152 valence electrons. The molecule has 0 amide bonds. The van der Waals surface area contributed by atoms with Crippen molar-refractivity contribution in [2.45, 2.75) is 6.92 Å². The van der Waals surface area contributed by atoms with Gasteiger partial charge >= 0.3 is 0 Å². The minimum atomic E-state index is -0.0317. The summed E-state index contributed by atoms with van der Waals surface area (Å²) in [5, 5.41) is 21.4. The lowest BCUT2D eigenvalue weighted by molar-refractivity contribution is 0.317. The number of halogens is 2. The number of phenolic OH excluding ortho intramolecular Hbond substituents is 2. The lowest BCUT2D eigenvalue weighted by Crippen LogP contribution is -1.94. The minimum Gasteiger partial charge on any atom is -0.507 e. The van der Waals surface area contributed by atoms with Gasteiger partial charge in [0.25, 0.3) is 0 Å². The number of oxazole rings is 1. The first-order valence-electron chi connectivity index (χ1n) is 9.03. The van der Waals surface area contributed by atoms with Crippen LogP contribution < -0.4 is 4.74 Å². The topological polar surface area (TPSA) is 88.1 Å². The van der Waals surface area contributed by atoms with E-state index >= 15 is 0 Å². The minimum absolute atomic E-state index is 0.00483. The summed E-state index contributed by atoms with van der Waals surface area (Å²) in [5.74, 6) is 0.611. The van der Waals surface area contributed by atoms with Crippen LogP contribution in [0.3, 0.4) is 0 Å². The maximum atomic E-state index is 10.5. The smallest absolute Gasteiger partial charge is 0.231 e. The number of aromatic nitrogens is 1. The van der Waals surface area contributed by atoms with E-state index in [1.54, 1.807) is 42.5 Å². The van der Waals surface area contributed by atoms with E-state index in [-0.39, 0.29) is 17.4 Å². The quantitative estimate of drug-likeness (QED) is 0.315. The molecule has 0 saturated heterocycles. The zero-order valence-corrected chi connectivity index (χ0v) is 18.1. The first kappa shape index (κ1) is 20.3. The lowest BCUT2D eigenvalue weighted by atomic mass is 10.1. The van der Waals surface area contributed by atoms with Gasteiger partial charge in [-0.15, -0.1) is 0 Å². The van der Waals surface area contributed by atoms with Crippen molar-refractivity contribution in [1.29, 1.82) is 0 Å². The second-order valence-electron chi connectivity index (χ2n) is 6.37. The van der Waals surface area contributed by atoms with Crippen molar-refractivity contribution in [3.63, 3.8) is 0 Å². The van der Waals surface area contributed by atoms with Crippen LogP contribution >= 0.6 is 27.5 Å². The van der Waals surface area contributed by atoms with Crippen LogP contribution in [0.15, 0.2) is 62.4 Å². The number of aromatic hydroxyl groups is 2. The Hall–Kier alpha value is -3.03. The molecule has 30 heavy (non-hydrogen) atoms. The van der Waals surface area contributed by atoms with E-state index in [2.05, 4.69) is 25.9 Å². The highest BCUT2D eigenvalue weighted by molar-refractivity contribution is 9.10. The molecule has 0 aliphatic carbocycles. The highest BCUT2D eigenvalue weighted by Crippen LogP contribution is 2.36. The van der Waals surface area contributed by atoms with Crippen LogP contribution in [-0.2, 0) is 0 Å². The van der Waals surface area contributed by atoms with Crippen LogP contribution in [0.4, 0.5) is 5.69 Å². The number of hydrogen-bond donors (Lipinski definition) is 2. The Bertz CT molecular complexity index is 1270. The number of hydrogen-bond acceptors (Lipinski definition) is 6. The van der Waals surface area contributed by atoms with E-state index < -0.39 is 0 Å². The molecule has 0 aliphatic heterocycles. The average molecular weight is 488 g/mol. The summed E-state index contributed by atoms with van der Waals surface area (Å²) in [4.78, 5) is 8.71. The van der Waals surface area contributed by atoms with Crippen molar-refractivity contribution in [2.24, 2.45) is 4.99 Å². The molecule has 6 nitrogen and oxygen atoms in total. The third kappa shape index (κ3) is 4.13. The first-order valence-corrected chi connectivity index (χ1v) is 10.2. The Kier molecular flexibility index (Phi) is 5.65. The number of benzene rings is 3. The molecule has 0 spiro atoms. The van der Waals surface area contributed by atoms with Crippen LogP contribution in [0.25, 0.3) is 22.6 Å². The van der Waals surface area contributed by atoms with Crippen molar-refractivity contribution in [2.75, 3.05) is 6.61 Å². The van der Waals surface area contributed by atoms with Gasteiger partial charge in [0.15, 0.2) is 17.1 Å². The Balaban J connectivity index is 1.63. The monoisotopic (exact) mass is 486 g/mol. The summed E-state index contributed by atoms with van der Waals surface area (Å²) in [6.45, 7) is 2.27. The predicted octanol–water partition coefficient (Wildman–Crippen LogP) is 6.47. The van der Waals surface area contributed by atoms with E-state index in [4.69, 9.17) is 20.8 Å². The van der Waals surface area contributed by atoms with Crippen LogP contribution in [0, 0.1) is 0 Å². The molecule has 1 heterocycles. The molecule has 0 atom stereocenters. The molecule has 0 bridgehead atoms. The maximum absolute atomic E-state index is 10.5. The number of phenols is 2. The van der Waals surface area contributed by atoms with E-state index in [1.807, 2.05) is 6.92 Å². The zero-order chi connectivity index (χ0) is 21.3. The normalized spacial score (nSPS) is 11.4. The second-order valence-corrected chi connectivity index (χ2v) is 7.72. The Morgan fingerprint density at radius 1 is 1.17 bits per heavy atom. The number of fused-ring (bicyclic) bond motifs is 1. The summed E-state index contributed by atoms with van der Waals surface area (Å²) in [5.41, 5.74) is 2.59. The van der Waals surface area contributed by atoms with Gasteiger partial charge < -0.3 is 19.4 Å². The SMILES string of the molecule is CCOc1cc(Br)cc(C=Nc2ccc(-c3nc4cc(Cl)ccc4o3)c(O)c2)c1O. The molecule has 0 radical (unpaired) electrons. The zero-order valence-electron chi connectivity index (χ0n) is 15.8. The van der Waals surface area contributed by atoms with Crippen molar-refractivity contribution in [3.8, 4) is 28.7 Å². The summed E-state index contributed by atoms with van der Waals surface area (Å²) in [6, 6.07) is 13.4. The number of aliphatic imine (C=N–C) groups is 1. The van der Waals surface area contributed by atoms with Crippen LogP contribution in [-0.4, -0.2) is 28.0 Å². The summed E-state index contributed by atoms with van der Waals surface area (Å²) in [7, 11) is 0.